The van der Waals surface area contributed by atoms with E-state index in [-0.39, 0.29) is 11.8 Å². The van der Waals surface area contributed by atoms with Crippen molar-refractivity contribution in [2.45, 2.75) is 18.9 Å². The van der Waals surface area contributed by atoms with Crippen molar-refractivity contribution >= 4 is 16.2 Å². The first-order valence-corrected chi connectivity index (χ1v) is 9.28. The molecule has 0 aliphatic carbocycles. The fourth-order valence-corrected chi connectivity index (χ4v) is 4.35. The molecule has 0 saturated carbocycles. The quantitative estimate of drug-likeness (QED) is 0.892. The Kier molecular flexibility index (Phi) is 4.72. The van der Waals surface area contributed by atoms with Gasteiger partial charge in [0.2, 0.25) is 5.95 Å². The Balaban J connectivity index is 2.12. The Morgan fingerprint density at radius 2 is 2.12 bits per heavy atom. The van der Waals surface area contributed by atoms with E-state index in [1.54, 1.807) is 12.1 Å². The van der Waals surface area contributed by atoms with E-state index in [0.29, 0.717) is 36.2 Å². The largest absolute Gasteiger partial charge is 0.368 e. The molecule has 1 aliphatic heterocycles. The summed E-state index contributed by atoms with van der Waals surface area (Å²) in [4.78, 5) is 8.31. The van der Waals surface area contributed by atoms with E-state index >= 15 is 0 Å². The van der Waals surface area contributed by atoms with Gasteiger partial charge in [-0.25, -0.2) is 14.4 Å². The number of benzene rings is 1. The second kappa shape index (κ2) is 6.66. The van der Waals surface area contributed by atoms with Gasteiger partial charge in [0.05, 0.1) is 11.7 Å². The summed E-state index contributed by atoms with van der Waals surface area (Å²) >= 11 is 0. The number of rotatable bonds is 4. The number of nitrogens with zero attached hydrogens (tertiary/aromatic N) is 4. The summed E-state index contributed by atoms with van der Waals surface area (Å²) in [6.07, 6.45) is 2.85. The lowest BCUT2D eigenvalue weighted by Crippen LogP contribution is -2.39. The number of aromatic nitrogens is 2. The highest BCUT2D eigenvalue weighted by molar-refractivity contribution is 7.86. The van der Waals surface area contributed by atoms with Crippen molar-refractivity contribution in [3.8, 4) is 11.1 Å². The fourth-order valence-electron chi connectivity index (χ4n) is 3.04. The molecule has 1 atom stereocenters. The maximum atomic E-state index is 13.6. The minimum Gasteiger partial charge on any atom is -0.368 e. The first-order chi connectivity index (χ1) is 11.8. The van der Waals surface area contributed by atoms with Crippen LogP contribution in [0.4, 0.5) is 10.3 Å². The third-order valence-corrected chi connectivity index (χ3v) is 6.20. The van der Waals surface area contributed by atoms with Gasteiger partial charge in [-0.15, -0.1) is 0 Å². The topological polar surface area (TPSA) is 92.4 Å². The van der Waals surface area contributed by atoms with E-state index in [9.17, 15) is 12.8 Å². The molecule has 1 aromatic carbocycles. The van der Waals surface area contributed by atoms with Crippen molar-refractivity contribution in [3.05, 3.63) is 42.0 Å². The number of anilines is 1. The van der Waals surface area contributed by atoms with Gasteiger partial charge in [-0.2, -0.15) is 17.0 Å². The lowest BCUT2D eigenvalue weighted by molar-refractivity contribution is 0.358. The van der Waals surface area contributed by atoms with Crippen LogP contribution in [0.2, 0.25) is 0 Å². The van der Waals surface area contributed by atoms with Gasteiger partial charge in [-0.1, -0.05) is 12.1 Å². The van der Waals surface area contributed by atoms with E-state index in [1.807, 2.05) is 0 Å². The number of halogens is 1. The van der Waals surface area contributed by atoms with Crippen LogP contribution in [-0.4, -0.2) is 47.6 Å². The molecule has 2 N–H and O–H groups in total. The summed E-state index contributed by atoms with van der Waals surface area (Å²) in [5, 5.41) is 0. The molecule has 1 saturated heterocycles. The maximum Gasteiger partial charge on any atom is 0.282 e. The molecule has 7 nitrogen and oxygen atoms in total. The molecule has 0 radical (unpaired) electrons. The molecular formula is C16H20FN5O2S. The Morgan fingerprint density at radius 1 is 1.36 bits per heavy atom. The van der Waals surface area contributed by atoms with Gasteiger partial charge in [-0.3, -0.25) is 0 Å². The van der Waals surface area contributed by atoms with Gasteiger partial charge in [0, 0.05) is 32.4 Å². The predicted octanol–water partition coefficient (Wildman–Crippen LogP) is 1.81. The van der Waals surface area contributed by atoms with E-state index in [0.717, 1.165) is 0 Å². The zero-order valence-electron chi connectivity index (χ0n) is 14.1. The summed E-state index contributed by atoms with van der Waals surface area (Å²) < 4.78 is 41.5. The molecule has 25 heavy (non-hydrogen) atoms. The molecule has 1 fully saturated rings. The summed E-state index contributed by atoms with van der Waals surface area (Å²) in [6.45, 7) is 0.400. The molecule has 134 valence electrons. The highest BCUT2D eigenvalue weighted by atomic mass is 32.2. The molecule has 9 heteroatoms. The van der Waals surface area contributed by atoms with Gasteiger partial charge < -0.3 is 5.73 Å². The summed E-state index contributed by atoms with van der Waals surface area (Å²) in [6, 6.07) is 5.59. The van der Waals surface area contributed by atoms with E-state index in [2.05, 4.69) is 9.97 Å². The molecule has 1 aromatic heterocycles. The molecule has 0 unspecified atom stereocenters. The maximum absolute atomic E-state index is 13.6. The Labute approximate surface area is 146 Å². The van der Waals surface area contributed by atoms with Crippen LogP contribution >= 0.6 is 0 Å². The Hall–Kier alpha value is -2.10. The van der Waals surface area contributed by atoms with Crippen molar-refractivity contribution in [2.24, 2.45) is 0 Å². The molecule has 1 aliphatic rings. The van der Waals surface area contributed by atoms with Crippen LogP contribution < -0.4 is 5.73 Å². The van der Waals surface area contributed by atoms with Crippen LogP contribution in [0, 0.1) is 5.82 Å². The minimum absolute atomic E-state index is 0.0595. The predicted molar refractivity (Wildman–Crippen MR) is 93.1 cm³/mol. The zero-order valence-corrected chi connectivity index (χ0v) is 14.9. The highest BCUT2D eigenvalue weighted by Crippen LogP contribution is 2.38. The van der Waals surface area contributed by atoms with E-state index < -0.39 is 16.3 Å². The number of hydrogen-bond acceptors (Lipinski definition) is 5. The number of nitrogen functional groups attached to an aromatic ring is 1. The summed E-state index contributed by atoms with van der Waals surface area (Å²) in [5.41, 5.74) is 7.41. The molecule has 0 spiro atoms. The third-order valence-electron chi connectivity index (χ3n) is 4.25. The van der Waals surface area contributed by atoms with E-state index in [4.69, 9.17) is 5.73 Å². The van der Waals surface area contributed by atoms with Crippen molar-refractivity contribution < 1.29 is 12.8 Å². The van der Waals surface area contributed by atoms with Crippen LogP contribution in [0.3, 0.4) is 0 Å². The van der Waals surface area contributed by atoms with Gasteiger partial charge in [0.25, 0.3) is 10.2 Å². The summed E-state index contributed by atoms with van der Waals surface area (Å²) in [5.74, 6) is -0.325. The molecule has 2 aromatic rings. The second-order valence-electron chi connectivity index (χ2n) is 6.10. The van der Waals surface area contributed by atoms with Gasteiger partial charge in [0.1, 0.15) is 5.82 Å². The van der Waals surface area contributed by atoms with Crippen molar-refractivity contribution in [1.29, 1.82) is 0 Å². The average molecular weight is 365 g/mol. The Morgan fingerprint density at radius 3 is 2.80 bits per heavy atom. The number of hydrogen-bond donors (Lipinski definition) is 1. The lowest BCUT2D eigenvalue weighted by Gasteiger charge is -2.27. The first-order valence-electron chi connectivity index (χ1n) is 7.88. The van der Waals surface area contributed by atoms with Crippen molar-refractivity contribution in [2.75, 3.05) is 26.4 Å². The SMILES string of the molecule is CN(C)S(=O)(=O)N1CCC[C@H]1c1nc(N)ncc1-c1cccc(F)c1. The molecule has 0 amide bonds. The lowest BCUT2D eigenvalue weighted by atomic mass is 10.0. The van der Waals surface area contributed by atoms with E-state index in [1.165, 1.54) is 41.0 Å². The highest BCUT2D eigenvalue weighted by Gasteiger charge is 2.38. The van der Waals surface area contributed by atoms with Crippen molar-refractivity contribution in [3.63, 3.8) is 0 Å². The van der Waals surface area contributed by atoms with Gasteiger partial charge in [-0.05, 0) is 30.5 Å². The fraction of sp³-hybridized carbons (Fsp3) is 0.375. The normalized spacial score (nSPS) is 18.8. The average Bonchev–Trinajstić information content (AvgIpc) is 3.04. The zero-order chi connectivity index (χ0) is 18.2. The van der Waals surface area contributed by atoms with Gasteiger partial charge in [0.15, 0.2) is 0 Å². The van der Waals surface area contributed by atoms with Crippen LogP contribution in [0.15, 0.2) is 30.5 Å². The standard InChI is InChI=1S/C16H20FN5O2S/c1-21(2)25(23,24)22-8-4-7-14(22)15-13(10-19-16(18)20-15)11-5-3-6-12(17)9-11/h3,5-6,9-10,14H,4,7-8H2,1-2H3,(H2,18,19,20)/t14-/m0/s1. The molecular weight excluding hydrogens is 345 g/mol. The van der Waals surface area contributed by atoms with Crippen LogP contribution in [0.1, 0.15) is 24.6 Å². The second-order valence-corrected chi connectivity index (χ2v) is 8.19. The minimum atomic E-state index is -3.60. The van der Waals surface area contributed by atoms with Crippen LogP contribution in [0.5, 0.6) is 0 Å². The first kappa shape index (κ1) is 17.7. The smallest absolute Gasteiger partial charge is 0.282 e. The molecule has 0 bridgehead atoms. The van der Waals surface area contributed by atoms with Crippen LogP contribution in [-0.2, 0) is 10.2 Å². The van der Waals surface area contributed by atoms with Gasteiger partial charge >= 0.3 is 0 Å². The number of nitrogens with two attached hydrogens (primary N) is 1. The monoisotopic (exact) mass is 365 g/mol. The molecule has 3 rings (SSSR count). The van der Waals surface area contributed by atoms with Crippen molar-refractivity contribution in [1.82, 2.24) is 18.6 Å². The van der Waals surface area contributed by atoms with Crippen LogP contribution in [0.25, 0.3) is 11.1 Å². The third kappa shape index (κ3) is 3.35. The molecule has 2 heterocycles. The Bertz CT molecular complexity index is 888. The summed E-state index contributed by atoms with van der Waals surface area (Å²) in [7, 11) is -0.617.